The molecule has 0 radical (unpaired) electrons. The summed E-state index contributed by atoms with van der Waals surface area (Å²) in [5, 5.41) is 0.340. The van der Waals surface area contributed by atoms with Crippen LogP contribution in [0.5, 0.6) is 5.75 Å². The number of nitrogens with zero attached hydrogens (tertiary/aromatic N) is 2. The lowest BCUT2D eigenvalue weighted by molar-refractivity contribution is 0.414. The van der Waals surface area contributed by atoms with Crippen molar-refractivity contribution in [3.05, 3.63) is 42.3 Å². The maximum absolute atomic E-state index is 13.8. The molecular formula is C15H18Cl2FN3OS. The molecule has 8 heteroatoms. The average molecular weight is 378 g/mol. The smallest absolute Gasteiger partial charge is 0.159 e. The molecule has 126 valence electrons. The van der Waals surface area contributed by atoms with Crippen LogP contribution in [0.1, 0.15) is 6.92 Å². The summed E-state index contributed by atoms with van der Waals surface area (Å²) in [4.78, 5) is 8.36. The number of halogens is 3. The fourth-order valence-electron chi connectivity index (χ4n) is 1.75. The van der Waals surface area contributed by atoms with E-state index >= 15 is 0 Å². The number of hydrogen-bond donors (Lipinski definition) is 1. The van der Waals surface area contributed by atoms with E-state index in [1.54, 1.807) is 37.6 Å². The Bertz CT molecular complexity index is 671. The van der Waals surface area contributed by atoms with Crippen LogP contribution >= 0.6 is 36.6 Å². The maximum Gasteiger partial charge on any atom is 0.159 e. The van der Waals surface area contributed by atoms with Crippen LogP contribution in [-0.4, -0.2) is 23.0 Å². The summed E-state index contributed by atoms with van der Waals surface area (Å²) in [5.74, 6) is 1.06. The number of benzene rings is 1. The Morgan fingerprint density at radius 1 is 1.30 bits per heavy atom. The maximum atomic E-state index is 13.8. The zero-order valence-corrected chi connectivity index (χ0v) is 15.1. The molecule has 0 fully saturated rings. The van der Waals surface area contributed by atoms with Gasteiger partial charge in [-0.3, -0.25) is 4.98 Å². The van der Waals surface area contributed by atoms with Gasteiger partial charge in [0.2, 0.25) is 0 Å². The fraction of sp³-hybridized carbons (Fsp3) is 0.200. The number of methoxy groups -OCH3 is 1. The summed E-state index contributed by atoms with van der Waals surface area (Å²) < 4.78 is 19.0. The Hall–Kier alpha value is -1.50. The third-order valence-corrected chi connectivity index (χ3v) is 3.41. The number of amidine groups is 1. The summed E-state index contributed by atoms with van der Waals surface area (Å²) >= 11 is 1.37. The lowest BCUT2D eigenvalue weighted by Crippen LogP contribution is -2.06. The Balaban J connectivity index is 0.00000242. The lowest BCUT2D eigenvalue weighted by Gasteiger charge is -2.06. The first-order chi connectivity index (χ1) is 10.1. The number of nitrogens with two attached hydrogens (primary N) is 1. The molecule has 1 aromatic carbocycles. The topological polar surface area (TPSA) is 60.5 Å². The normalized spacial score (nSPS) is 10.5. The molecule has 0 spiro atoms. The van der Waals surface area contributed by atoms with Crippen molar-refractivity contribution in [2.75, 3.05) is 12.9 Å². The van der Waals surface area contributed by atoms with Gasteiger partial charge in [-0.15, -0.1) is 24.8 Å². The number of aliphatic imine (C=N–C) groups is 1. The molecule has 1 aromatic heterocycles. The van der Waals surface area contributed by atoms with E-state index < -0.39 is 5.82 Å². The van der Waals surface area contributed by atoms with Gasteiger partial charge in [-0.05, 0) is 30.0 Å². The molecule has 0 aliphatic rings. The van der Waals surface area contributed by atoms with Gasteiger partial charge in [0.1, 0.15) is 17.3 Å². The van der Waals surface area contributed by atoms with Gasteiger partial charge in [-0.2, -0.15) is 0 Å². The summed E-state index contributed by atoms with van der Waals surface area (Å²) in [6.07, 6.45) is 1.64. The standard InChI is InChI=1S/C15H16FN3OS.2ClH/c1-3-21-15(17)19-14-8-10(4-5-12(14)16)13-9-11(20-2)6-7-18-13;;/h4-9H,3H2,1-2H3,(H2,17,19);2*1H. The minimum atomic E-state index is -0.415. The minimum absolute atomic E-state index is 0. The van der Waals surface area contributed by atoms with Gasteiger partial charge in [0.15, 0.2) is 5.17 Å². The SMILES string of the molecule is CCSC(N)=Nc1cc(-c2cc(OC)ccn2)ccc1F.Cl.Cl. The zero-order chi connectivity index (χ0) is 15.2. The van der Waals surface area contributed by atoms with Crippen molar-refractivity contribution in [2.24, 2.45) is 10.7 Å². The van der Waals surface area contributed by atoms with Crippen molar-refractivity contribution >= 4 is 47.4 Å². The molecule has 0 saturated heterocycles. The van der Waals surface area contributed by atoms with Crippen molar-refractivity contribution in [1.82, 2.24) is 4.98 Å². The van der Waals surface area contributed by atoms with E-state index in [1.165, 1.54) is 17.8 Å². The molecule has 2 rings (SSSR count). The highest BCUT2D eigenvalue weighted by Gasteiger charge is 2.07. The monoisotopic (exact) mass is 377 g/mol. The predicted octanol–water partition coefficient (Wildman–Crippen LogP) is 4.44. The number of pyridine rings is 1. The number of rotatable bonds is 4. The largest absolute Gasteiger partial charge is 0.497 e. The van der Waals surface area contributed by atoms with E-state index in [2.05, 4.69) is 9.98 Å². The van der Waals surface area contributed by atoms with Crippen molar-refractivity contribution < 1.29 is 9.13 Å². The molecule has 0 aliphatic carbocycles. The quantitative estimate of drug-likeness (QED) is 0.631. The minimum Gasteiger partial charge on any atom is -0.497 e. The summed E-state index contributed by atoms with van der Waals surface area (Å²) in [7, 11) is 1.59. The van der Waals surface area contributed by atoms with Gasteiger partial charge >= 0.3 is 0 Å². The van der Waals surface area contributed by atoms with Gasteiger partial charge in [0.25, 0.3) is 0 Å². The molecular weight excluding hydrogens is 360 g/mol. The van der Waals surface area contributed by atoms with Crippen LogP contribution in [0.3, 0.4) is 0 Å². The van der Waals surface area contributed by atoms with E-state index in [4.69, 9.17) is 10.5 Å². The number of ether oxygens (including phenoxy) is 1. The van der Waals surface area contributed by atoms with Crippen molar-refractivity contribution in [2.45, 2.75) is 6.92 Å². The van der Waals surface area contributed by atoms with Crippen LogP contribution in [0, 0.1) is 5.82 Å². The molecule has 23 heavy (non-hydrogen) atoms. The second-order valence-corrected chi connectivity index (χ2v) is 5.41. The molecule has 0 unspecified atom stereocenters. The first-order valence-corrected chi connectivity index (χ1v) is 7.39. The van der Waals surface area contributed by atoms with Crippen LogP contribution in [0.4, 0.5) is 10.1 Å². The average Bonchev–Trinajstić information content (AvgIpc) is 2.50. The third kappa shape index (κ3) is 5.89. The number of hydrogen-bond acceptors (Lipinski definition) is 4. The first-order valence-electron chi connectivity index (χ1n) is 6.41. The molecule has 2 N–H and O–H groups in total. The predicted molar refractivity (Wildman–Crippen MR) is 100 cm³/mol. The van der Waals surface area contributed by atoms with Crippen molar-refractivity contribution in [3.8, 4) is 17.0 Å². The summed E-state index contributed by atoms with van der Waals surface area (Å²) in [5.41, 5.74) is 7.38. The molecule has 4 nitrogen and oxygen atoms in total. The molecule has 0 aliphatic heterocycles. The van der Waals surface area contributed by atoms with Gasteiger partial charge < -0.3 is 10.5 Å². The fourth-order valence-corrected chi connectivity index (χ4v) is 2.21. The number of aromatic nitrogens is 1. The first kappa shape index (κ1) is 21.5. The van der Waals surface area contributed by atoms with Crippen molar-refractivity contribution in [3.63, 3.8) is 0 Å². The van der Waals surface area contributed by atoms with Crippen LogP contribution in [0.15, 0.2) is 41.5 Å². The molecule has 0 amide bonds. The Kier molecular flexibility index (Phi) is 9.64. The third-order valence-electron chi connectivity index (χ3n) is 2.73. The second-order valence-electron chi connectivity index (χ2n) is 4.13. The summed E-state index contributed by atoms with van der Waals surface area (Å²) in [6, 6.07) is 8.17. The van der Waals surface area contributed by atoms with Crippen LogP contribution in [-0.2, 0) is 0 Å². The zero-order valence-electron chi connectivity index (χ0n) is 12.7. The van der Waals surface area contributed by atoms with Crippen LogP contribution in [0.2, 0.25) is 0 Å². The Labute approximate surface area is 151 Å². The van der Waals surface area contributed by atoms with Gasteiger partial charge in [0.05, 0.1) is 12.8 Å². The molecule has 0 saturated carbocycles. The summed E-state index contributed by atoms with van der Waals surface area (Å²) in [6.45, 7) is 1.96. The van der Waals surface area contributed by atoms with E-state index in [1.807, 2.05) is 6.92 Å². The second kappa shape index (κ2) is 10.3. The van der Waals surface area contributed by atoms with E-state index in [9.17, 15) is 4.39 Å². The highest BCUT2D eigenvalue weighted by atomic mass is 35.5. The lowest BCUT2D eigenvalue weighted by atomic mass is 10.1. The van der Waals surface area contributed by atoms with Crippen LogP contribution in [0.25, 0.3) is 11.3 Å². The number of thioether (sulfide) groups is 1. The molecule has 0 atom stereocenters. The highest BCUT2D eigenvalue weighted by molar-refractivity contribution is 8.13. The van der Waals surface area contributed by atoms with Crippen molar-refractivity contribution in [1.29, 1.82) is 0 Å². The Morgan fingerprint density at radius 3 is 2.70 bits per heavy atom. The van der Waals surface area contributed by atoms with Crippen LogP contribution < -0.4 is 10.5 Å². The highest BCUT2D eigenvalue weighted by Crippen LogP contribution is 2.27. The molecule has 0 bridgehead atoms. The molecule has 1 heterocycles. The van der Waals surface area contributed by atoms with E-state index in [-0.39, 0.29) is 30.5 Å². The van der Waals surface area contributed by atoms with Gasteiger partial charge in [0, 0.05) is 17.8 Å². The van der Waals surface area contributed by atoms with Gasteiger partial charge in [-0.1, -0.05) is 18.7 Å². The Morgan fingerprint density at radius 2 is 2.04 bits per heavy atom. The van der Waals surface area contributed by atoms with Gasteiger partial charge in [-0.25, -0.2) is 9.38 Å². The van der Waals surface area contributed by atoms with E-state index in [0.29, 0.717) is 16.6 Å². The van der Waals surface area contributed by atoms with E-state index in [0.717, 1.165) is 11.3 Å². The molecule has 2 aromatic rings.